The molecular weight excluding hydrogens is 694 g/mol. The van der Waals surface area contributed by atoms with Gasteiger partial charge in [-0.2, -0.15) is 0 Å². The molecule has 54 heavy (non-hydrogen) atoms. The number of nitrogens with one attached hydrogen (secondary N) is 1. The largest absolute Gasteiger partial charge is 0.507 e. The van der Waals surface area contributed by atoms with Gasteiger partial charge >= 0.3 is 5.97 Å². The summed E-state index contributed by atoms with van der Waals surface area (Å²) in [5.74, 6) is -3.05. The van der Waals surface area contributed by atoms with Crippen molar-refractivity contribution in [3.05, 3.63) is 66.0 Å². The van der Waals surface area contributed by atoms with Gasteiger partial charge in [0.25, 0.3) is 6.47 Å². The Labute approximate surface area is 308 Å². The van der Waals surface area contributed by atoms with E-state index in [-0.39, 0.29) is 58.1 Å². The summed E-state index contributed by atoms with van der Waals surface area (Å²) in [5.41, 5.74) is 1.88. The van der Waals surface area contributed by atoms with Crippen LogP contribution in [0.1, 0.15) is 86.1 Å². The maximum atomic E-state index is 14.9. The molecule has 5 atom stereocenters. The quantitative estimate of drug-likeness (QED) is 0.0674. The number of hydrogen-bond donors (Lipinski definition) is 5. The summed E-state index contributed by atoms with van der Waals surface area (Å²) in [6.45, 7) is 2.59. The molecule has 3 aliphatic rings. The van der Waals surface area contributed by atoms with Crippen LogP contribution in [0.2, 0.25) is 0 Å². The molecule has 0 heterocycles. The molecule has 5 unspecified atom stereocenters. The molecule has 12 heteroatoms. The normalized spacial score (nSPS) is 22.4. The van der Waals surface area contributed by atoms with Crippen LogP contribution in [0.15, 0.2) is 27.3 Å². The highest BCUT2D eigenvalue weighted by molar-refractivity contribution is 6.39. The Morgan fingerprint density at radius 3 is 2.24 bits per heavy atom. The Bertz CT molecular complexity index is 2580. The second kappa shape index (κ2) is 13.2. The molecule has 0 radical (unpaired) electrons. The summed E-state index contributed by atoms with van der Waals surface area (Å²) in [7, 11) is 1.37. The minimum Gasteiger partial charge on any atom is -0.507 e. The topological polar surface area (TPSA) is 197 Å². The van der Waals surface area contributed by atoms with Crippen molar-refractivity contribution >= 4 is 73.1 Å². The van der Waals surface area contributed by atoms with Gasteiger partial charge in [0.05, 0.1) is 42.9 Å². The van der Waals surface area contributed by atoms with E-state index >= 15 is 0 Å². The number of rotatable bonds is 11. The third-order valence-electron chi connectivity index (χ3n) is 12.3. The van der Waals surface area contributed by atoms with Crippen molar-refractivity contribution in [3.8, 4) is 11.5 Å². The number of aromatic hydroxyl groups is 1. The number of carbonyl (C=O) groups excluding carboxylic acids is 2. The van der Waals surface area contributed by atoms with Crippen molar-refractivity contribution < 1.29 is 44.3 Å². The number of anilines is 1. The van der Waals surface area contributed by atoms with Gasteiger partial charge in [0.2, 0.25) is 5.43 Å². The number of carbonyl (C=O) groups is 3. The first-order valence-corrected chi connectivity index (χ1v) is 18.4. The Morgan fingerprint density at radius 2 is 1.61 bits per heavy atom. The lowest BCUT2D eigenvalue weighted by Gasteiger charge is -2.27. The number of Topliss-reactive ketones (excluding diaryl/α,β-unsaturated/α-hetero) is 1. The van der Waals surface area contributed by atoms with Crippen LogP contribution < -0.4 is 20.9 Å². The summed E-state index contributed by atoms with van der Waals surface area (Å²) in [4.78, 5) is 65.9. The molecule has 0 aromatic heterocycles. The van der Waals surface area contributed by atoms with Crippen molar-refractivity contribution in [2.45, 2.75) is 90.1 Å². The Balaban J connectivity index is 1.59. The number of benzene rings is 5. The molecule has 0 spiro atoms. The molecule has 5 aromatic rings. The number of aliphatic hydroxyl groups excluding tert-OH is 2. The standard InChI is InChI=1S/C42H41NO11/c1-17-8-25-26(10-19-4-5-20(9-19)42(51)52)39(49)34-28(48)12-22(15-45)31-30-21(14-44)11-27(43-23-6-7-24(13-23)54-16-46)33-36(30)37(32(25)35(31)34)38(29(17)18(2)47)41(53-3)40(33)50/h8,11-12,16,19-20,23-24,29,43-45,49H,4-7,9-10,13-15H2,1-3H3,(H,51,52). The van der Waals surface area contributed by atoms with Gasteiger partial charge in [0.1, 0.15) is 17.6 Å². The van der Waals surface area contributed by atoms with Crippen molar-refractivity contribution in [2.75, 3.05) is 12.4 Å². The van der Waals surface area contributed by atoms with Crippen molar-refractivity contribution in [1.29, 1.82) is 0 Å². The first-order valence-electron chi connectivity index (χ1n) is 18.4. The van der Waals surface area contributed by atoms with Crippen molar-refractivity contribution in [2.24, 2.45) is 11.8 Å². The van der Waals surface area contributed by atoms with E-state index in [0.717, 1.165) is 0 Å². The first-order chi connectivity index (χ1) is 25.9. The van der Waals surface area contributed by atoms with Crippen LogP contribution >= 0.6 is 0 Å². The highest BCUT2D eigenvalue weighted by Crippen LogP contribution is 2.54. The average Bonchev–Trinajstić information content (AvgIpc) is 3.77. The number of phenols is 1. The second-order valence-corrected chi connectivity index (χ2v) is 15.3. The maximum Gasteiger partial charge on any atom is 0.306 e. The molecule has 2 fully saturated rings. The van der Waals surface area contributed by atoms with Gasteiger partial charge in [0.15, 0.2) is 11.2 Å². The van der Waals surface area contributed by atoms with Crippen LogP contribution in [0.3, 0.4) is 0 Å². The summed E-state index contributed by atoms with van der Waals surface area (Å²) in [5, 5.41) is 50.1. The van der Waals surface area contributed by atoms with Gasteiger partial charge in [-0.05, 0) is 109 Å². The molecule has 5 aromatic carbocycles. The molecule has 0 aliphatic heterocycles. The van der Waals surface area contributed by atoms with Crippen LogP contribution in [0, 0.1) is 11.8 Å². The number of aliphatic hydroxyl groups is 2. The number of carboxylic acids is 1. The van der Waals surface area contributed by atoms with E-state index < -0.39 is 41.9 Å². The van der Waals surface area contributed by atoms with E-state index in [1.54, 1.807) is 13.0 Å². The number of fused-ring (bicyclic) bond motifs is 1. The van der Waals surface area contributed by atoms with Gasteiger partial charge in [-0.1, -0.05) is 11.6 Å². The van der Waals surface area contributed by atoms with Crippen LogP contribution in [0.4, 0.5) is 5.69 Å². The minimum atomic E-state index is -0.959. The Kier molecular flexibility index (Phi) is 8.73. The van der Waals surface area contributed by atoms with Crippen LogP contribution in [-0.4, -0.2) is 57.9 Å². The van der Waals surface area contributed by atoms with Crippen LogP contribution in [0.5, 0.6) is 11.5 Å². The maximum absolute atomic E-state index is 14.9. The van der Waals surface area contributed by atoms with Gasteiger partial charge in [-0.3, -0.25) is 24.0 Å². The van der Waals surface area contributed by atoms with E-state index in [1.807, 2.05) is 6.08 Å². The van der Waals surface area contributed by atoms with Gasteiger partial charge in [-0.15, -0.1) is 0 Å². The summed E-state index contributed by atoms with van der Waals surface area (Å²) >= 11 is 0. The molecular formula is C42H41NO11. The average molecular weight is 736 g/mol. The molecule has 0 bridgehead atoms. The van der Waals surface area contributed by atoms with Crippen LogP contribution in [0.25, 0.3) is 49.2 Å². The van der Waals surface area contributed by atoms with Crippen molar-refractivity contribution in [1.82, 2.24) is 0 Å². The van der Waals surface area contributed by atoms with Gasteiger partial charge < -0.3 is 35.2 Å². The number of ether oxygens (including phenoxy) is 2. The molecule has 8 rings (SSSR count). The zero-order valence-electron chi connectivity index (χ0n) is 30.2. The van der Waals surface area contributed by atoms with E-state index in [1.165, 1.54) is 20.1 Å². The highest BCUT2D eigenvalue weighted by atomic mass is 16.5. The van der Waals surface area contributed by atoms with E-state index in [2.05, 4.69) is 5.32 Å². The van der Waals surface area contributed by atoms with E-state index in [0.29, 0.717) is 111 Å². The Hall–Kier alpha value is -5.33. The molecule has 12 nitrogen and oxygen atoms in total. The molecule has 0 saturated heterocycles. The fourth-order valence-electron chi connectivity index (χ4n) is 10.1. The third kappa shape index (κ3) is 5.14. The highest BCUT2D eigenvalue weighted by Gasteiger charge is 2.38. The van der Waals surface area contributed by atoms with E-state index in [9.17, 15) is 44.4 Å². The van der Waals surface area contributed by atoms with E-state index in [4.69, 9.17) is 9.47 Å². The minimum absolute atomic E-state index is 0.00393. The summed E-state index contributed by atoms with van der Waals surface area (Å²) in [6.07, 6.45) is 5.00. The molecule has 280 valence electrons. The van der Waals surface area contributed by atoms with Gasteiger partial charge in [-0.25, -0.2) is 0 Å². The number of hydrogen-bond acceptors (Lipinski definition) is 11. The lowest BCUT2D eigenvalue weighted by Crippen LogP contribution is -2.22. The predicted molar refractivity (Wildman–Crippen MR) is 203 cm³/mol. The van der Waals surface area contributed by atoms with Crippen LogP contribution in [-0.2, 0) is 38.8 Å². The fraction of sp³-hybridized carbons (Fsp3) is 0.405. The van der Waals surface area contributed by atoms with Crippen molar-refractivity contribution in [3.63, 3.8) is 0 Å². The summed E-state index contributed by atoms with van der Waals surface area (Å²) in [6, 6.07) is 2.76. The number of methoxy groups -OCH3 is 1. The number of phenolic OH excluding ortho intramolecular Hbond substituents is 1. The summed E-state index contributed by atoms with van der Waals surface area (Å²) < 4.78 is 11.2. The molecule has 5 N–H and O–H groups in total. The number of allylic oxidation sites excluding steroid dienone is 1. The zero-order valence-corrected chi connectivity index (χ0v) is 30.2. The smallest absolute Gasteiger partial charge is 0.306 e. The predicted octanol–water partition coefficient (Wildman–Crippen LogP) is 5.23. The molecule has 3 aliphatic carbocycles. The monoisotopic (exact) mass is 735 g/mol. The molecule has 0 amide bonds. The number of carboxylic acid groups (broad SMARTS) is 1. The van der Waals surface area contributed by atoms with Gasteiger partial charge in [0, 0.05) is 40.0 Å². The third-order valence-corrected chi connectivity index (χ3v) is 12.3. The lowest BCUT2D eigenvalue weighted by atomic mass is 9.78. The lowest BCUT2D eigenvalue weighted by molar-refractivity contribution is -0.141. The zero-order chi connectivity index (χ0) is 38.3. The second-order valence-electron chi connectivity index (χ2n) is 15.3. The number of ketones is 1. The SMILES string of the molecule is COc1c2c3c4c(c(CC5CCC(C(=O)O)C5)c(O)c5c(=O)cc(CO)c(c6c(CO)cc(NC7CCC(OC=O)C7)c(c1=O)c63)c54)C=C(C)C2C(C)=O. The fourth-order valence-corrected chi connectivity index (χ4v) is 10.1. The molecule has 2 saturated carbocycles. The number of aliphatic carboxylic acids is 1. The first kappa shape index (κ1) is 35.7. The Morgan fingerprint density at radius 1 is 0.907 bits per heavy atom.